The maximum absolute atomic E-state index is 10.4. The van der Waals surface area contributed by atoms with Crippen molar-refractivity contribution in [1.82, 2.24) is 0 Å². The van der Waals surface area contributed by atoms with Crippen LogP contribution in [-0.2, 0) is 0 Å². The van der Waals surface area contributed by atoms with Gasteiger partial charge in [-0.25, -0.2) is 0 Å². The van der Waals surface area contributed by atoms with Crippen LogP contribution in [0.4, 0.5) is 0 Å². The van der Waals surface area contributed by atoms with Crippen molar-refractivity contribution in [1.29, 1.82) is 0 Å². The summed E-state index contributed by atoms with van der Waals surface area (Å²) < 4.78 is 0. The Kier molecular flexibility index (Phi) is 5.21. The molecule has 0 saturated heterocycles. The zero-order chi connectivity index (χ0) is 10.9. The first-order valence-electron chi connectivity index (χ1n) is 5.02. The molecule has 0 fully saturated rings. The Hall–Kier alpha value is -1.59. The molecule has 1 rings (SSSR count). The van der Waals surface area contributed by atoms with E-state index in [4.69, 9.17) is 5.11 Å². The van der Waals surface area contributed by atoms with Crippen LogP contribution >= 0.6 is 0 Å². The van der Waals surface area contributed by atoms with Gasteiger partial charge in [0.15, 0.2) is 0 Å². The third-order valence-corrected chi connectivity index (χ3v) is 1.99. The fraction of sp³-hybridized carbons (Fsp3) is 0.308. The van der Waals surface area contributed by atoms with E-state index in [1.807, 2.05) is 12.1 Å². The Balaban J connectivity index is 2.45. The predicted molar refractivity (Wildman–Crippen MR) is 59.6 cm³/mol. The highest BCUT2D eigenvalue weighted by atomic mass is 16.2. The quantitative estimate of drug-likeness (QED) is 0.460. The van der Waals surface area contributed by atoms with Gasteiger partial charge in [-0.1, -0.05) is 24.0 Å². The maximum Gasteiger partial charge on any atom is 0.150 e. The number of aliphatic hydroxyl groups excluding tert-OH is 1. The molecular weight excluding hydrogens is 188 g/mol. The second-order valence-corrected chi connectivity index (χ2v) is 3.22. The fourth-order valence-corrected chi connectivity index (χ4v) is 1.13. The number of benzene rings is 1. The summed E-state index contributed by atoms with van der Waals surface area (Å²) in [5.41, 5.74) is 1.59. The largest absolute Gasteiger partial charge is 0.396 e. The van der Waals surface area contributed by atoms with Gasteiger partial charge in [-0.2, -0.15) is 0 Å². The normalized spacial score (nSPS) is 9.13. The second kappa shape index (κ2) is 6.80. The van der Waals surface area contributed by atoms with E-state index >= 15 is 0 Å². The van der Waals surface area contributed by atoms with Crippen LogP contribution in [0.5, 0.6) is 0 Å². The molecule has 0 unspecified atom stereocenters. The number of unbranched alkanes of at least 4 members (excludes halogenated alkanes) is 2. The van der Waals surface area contributed by atoms with Crippen LogP contribution in [-0.4, -0.2) is 18.0 Å². The zero-order valence-electron chi connectivity index (χ0n) is 8.57. The van der Waals surface area contributed by atoms with Gasteiger partial charge in [-0.15, -0.1) is 0 Å². The van der Waals surface area contributed by atoms with E-state index in [1.54, 1.807) is 12.1 Å². The maximum atomic E-state index is 10.4. The smallest absolute Gasteiger partial charge is 0.150 e. The number of aliphatic hydroxyl groups is 1. The third-order valence-electron chi connectivity index (χ3n) is 1.99. The highest BCUT2D eigenvalue weighted by Crippen LogP contribution is 2.01. The van der Waals surface area contributed by atoms with Crippen LogP contribution in [0.2, 0.25) is 0 Å². The van der Waals surface area contributed by atoms with Crippen molar-refractivity contribution in [3.63, 3.8) is 0 Å². The molecule has 0 atom stereocenters. The van der Waals surface area contributed by atoms with Gasteiger partial charge in [0.1, 0.15) is 6.29 Å². The number of hydrogen-bond acceptors (Lipinski definition) is 2. The summed E-state index contributed by atoms with van der Waals surface area (Å²) in [4.78, 5) is 10.4. The molecule has 0 bridgehead atoms. The molecule has 78 valence electrons. The van der Waals surface area contributed by atoms with E-state index < -0.39 is 0 Å². The van der Waals surface area contributed by atoms with Gasteiger partial charge >= 0.3 is 0 Å². The molecule has 2 heteroatoms. The minimum absolute atomic E-state index is 0.232. The Bertz CT molecular complexity index is 354. The first-order chi connectivity index (χ1) is 7.36. The molecule has 1 aromatic rings. The predicted octanol–water partition coefficient (Wildman–Crippen LogP) is 2.01. The molecule has 0 heterocycles. The standard InChI is InChI=1S/C13H14O2/c14-10-4-2-1-3-5-12-6-8-13(11-15)9-7-12/h6-9,11,14H,1-2,4,10H2. The minimum atomic E-state index is 0.232. The van der Waals surface area contributed by atoms with Gasteiger partial charge in [0, 0.05) is 24.2 Å². The molecule has 1 aromatic carbocycles. The Morgan fingerprint density at radius 3 is 2.53 bits per heavy atom. The fourth-order valence-electron chi connectivity index (χ4n) is 1.13. The van der Waals surface area contributed by atoms with E-state index in [1.165, 1.54) is 0 Å². The summed E-state index contributed by atoms with van der Waals surface area (Å²) >= 11 is 0. The van der Waals surface area contributed by atoms with Crippen LogP contribution < -0.4 is 0 Å². The monoisotopic (exact) mass is 202 g/mol. The third kappa shape index (κ3) is 4.44. The average molecular weight is 202 g/mol. The molecule has 0 aromatic heterocycles. The number of hydrogen-bond donors (Lipinski definition) is 1. The van der Waals surface area contributed by atoms with Crippen molar-refractivity contribution >= 4 is 6.29 Å². The molecule has 15 heavy (non-hydrogen) atoms. The average Bonchev–Trinajstić information content (AvgIpc) is 2.30. The lowest BCUT2D eigenvalue weighted by atomic mass is 10.1. The second-order valence-electron chi connectivity index (χ2n) is 3.22. The van der Waals surface area contributed by atoms with Crippen LogP contribution in [0.15, 0.2) is 24.3 Å². The van der Waals surface area contributed by atoms with Gasteiger partial charge in [-0.05, 0) is 25.0 Å². The topological polar surface area (TPSA) is 37.3 Å². The number of carbonyl (C=O) groups excluding carboxylic acids is 1. The van der Waals surface area contributed by atoms with Crippen molar-refractivity contribution in [2.45, 2.75) is 19.3 Å². The molecule has 0 saturated carbocycles. The van der Waals surface area contributed by atoms with Gasteiger partial charge in [0.2, 0.25) is 0 Å². The summed E-state index contributed by atoms with van der Waals surface area (Å²) in [7, 11) is 0. The molecule has 0 amide bonds. The van der Waals surface area contributed by atoms with E-state index in [0.717, 1.165) is 31.1 Å². The Labute approximate surface area is 89.9 Å². The van der Waals surface area contributed by atoms with E-state index in [9.17, 15) is 4.79 Å². The van der Waals surface area contributed by atoms with Crippen molar-refractivity contribution in [3.05, 3.63) is 35.4 Å². The highest BCUT2D eigenvalue weighted by molar-refractivity contribution is 5.74. The molecule has 1 N–H and O–H groups in total. The summed E-state index contributed by atoms with van der Waals surface area (Å²) in [5.74, 6) is 6.03. The number of rotatable bonds is 4. The Morgan fingerprint density at radius 1 is 1.20 bits per heavy atom. The summed E-state index contributed by atoms with van der Waals surface area (Å²) in [6, 6.07) is 7.18. The van der Waals surface area contributed by atoms with Crippen LogP contribution in [0.25, 0.3) is 0 Å². The molecule has 0 radical (unpaired) electrons. The number of aldehydes is 1. The molecule has 0 aliphatic rings. The molecule has 2 nitrogen and oxygen atoms in total. The molecule has 0 aliphatic heterocycles. The summed E-state index contributed by atoms with van der Waals surface area (Å²) in [5, 5.41) is 8.56. The van der Waals surface area contributed by atoms with Crippen LogP contribution in [0.1, 0.15) is 35.2 Å². The van der Waals surface area contributed by atoms with Gasteiger partial charge < -0.3 is 5.11 Å². The summed E-state index contributed by atoms with van der Waals surface area (Å²) in [6.45, 7) is 0.232. The van der Waals surface area contributed by atoms with E-state index in [0.29, 0.717) is 5.56 Å². The SMILES string of the molecule is O=Cc1ccc(C#CCCCCO)cc1. The molecule has 0 aliphatic carbocycles. The zero-order valence-corrected chi connectivity index (χ0v) is 8.57. The lowest BCUT2D eigenvalue weighted by Crippen LogP contribution is -1.81. The lowest BCUT2D eigenvalue weighted by Gasteiger charge is -1.91. The first kappa shape index (κ1) is 11.5. The van der Waals surface area contributed by atoms with E-state index in [2.05, 4.69) is 11.8 Å². The first-order valence-corrected chi connectivity index (χ1v) is 5.02. The molecule has 0 spiro atoms. The molecular formula is C13H14O2. The Morgan fingerprint density at radius 2 is 1.93 bits per heavy atom. The van der Waals surface area contributed by atoms with Crippen molar-refractivity contribution < 1.29 is 9.90 Å². The van der Waals surface area contributed by atoms with Crippen LogP contribution in [0.3, 0.4) is 0 Å². The lowest BCUT2D eigenvalue weighted by molar-refractivity contribution is 0.112. The van der Waals surface area contributed by atoms with Gasteiger partial charge in [-0.3, -0.25) is 4.79 Å². The van der Waals surface area contributed by atoms with Crippen molar-refractivity contribution in [2.24, 2.45) is 0 Å². The van der Waals surface area contributed by atoms with Gasteiger partial charge in [0.25, 0.3) is 0 Å². The van der Waals surface area contributed by atoms with E-state index in [-0.39, 0.29) is 6.61 Å². The van der Waals surface area contributed by atoms with Crippen LogP contribution in [0, 0.1) is 11.8 Å². The van der Waals surface area contributed by atoms with Crippen molar-refractivity contribution in [2.75, 3.05) is 6.61 Å². The van der Waals surface area contributed by atoms with Crippen molar-refractivity contribution in [3.8, 4) is 11.8 Å². The minimum Gasteiger partial charge on any atom is -0.396 e. The highest BCUT2D eigenvalue weighted by Gasteiger charge is 1.88. The number of carbonyl (C=O) groups is 1. The van der Waals surface area contributed by atoms with Gasteiger partial charge in [0.05, 0.1) is 0 Å². The summed E-state index contributed by atoms with van der Waals surface area (Å²) in [6.07, 6.45) is 3.35.